The molecule has 2 rings (SSSR count). The number of nitrogens with zero attached hydrogens (tertiary/aromatic N) is 4. The van der Waals surface area contributed by atoms with E-state index in [0.717, 1.165) is 5.65 Å². The second-order valence-electron chi connectivity index (χ2n) is 1.42. The minimum absolute atomic E-state index is 0.810. The summed E-state index contributed by atoms with van der Waals surface area (Å²) in [6.07, 6.45) is 3.16. The van der Waals surface area contributed by atoms with Gasteiger partial charge in [0, 0.05) is 0 Å². The lowest BCUT2D eigenvalue weighted by atomic mass is 10.8. The highest BCUT2D eigenvalue weighted by Gasteiger charge is 1.90. The van der Waals surface area contributed by atoms with Gasteiger partial charge < -0.3 is 0 Å². The number of hydrogen-bond acceptors (Lipinski definition) is 3. The highest BCUT2D eigenvalue weighted by atomic mass is 15.4. The Balaban J connectivity index is 3.06. The normalized spacial score (nSPS) is 10.5. The van der Waals surface area contributed by atoms with Crippen LogP contribution in [-0.2, 0) is 0 Å². The highest BCUT2D eigenvalue weighted by molar-refractivity contribution is 5.29. The first-order valence-electron chi connectivity index (χ1n) is 2.16. The largest absolute Gasteiger partial charge is 0.258 e. The lowest BCUT2D eigenvalue weighted by Crippen LogP contribution is -1.78. The van der Waals surface area contributed by atoms with Crippen LogP contribution in [0.4, 0.5) is 0 Å². The van der Waals surface area contributed by atoms with Gasteiger partial charge in [0.15, 0.2) is 5.65 Å². The zero-order valence-corrected chi connectivity index (χ0v) is 3.94. The summed E-state index contributed by atoms with van der Waals surface area (Å²) in [5.74, 6) is 0. The molecule has 2 aromatic heterocycles. The average Bonchev–Trinajstić information content (AvgIpc) is 2.15. The molecule has 0 aromatic carbocycles. The Hall–Kier alpha value is -1.39. The molecule has 0 radical (unpaired) electrons. The van der Waals surface area contributed by atoms with Gasteiger partial charge in [0.25, 0.3) is 0 Å². The van der Waals surface area contributed by atoms with Gasteiger partial charge >= 0.3 is 0 Å². The maximum atomic E-state index is 3.70. The zero-order chi connectivity index (χ0) is 5.40. The maximum Gasteiger partial charge on any atom is 0.171 e. The summed E-state index contributed by atoms with van der Waals surface area (Å²) in [5, 5.41) is 13.6. The molecule has 0 aliphatic heterocycles. The Morgan fingerprint density at radius 3 is 3.50 bits per heavy atom. The number of rotatable bonds is 0. The average molecular weight is 109 g/mol. The standard InChI is InChI=1S/C3H3N5/c1-3-6-5-2-8(3)7-4-1/h1-2,6H. The molecule has 0 bridgehead atoms. The molecule has 0 unspecified atom stereocenters. The van der Waals surface area contributed by atoms with Gasteiger partial charge in [-0.1, -0.05) is 5.21 Å². The van der Waals surface area contributed by atoms with Crippen molar-refractivity contribution in [2.45, 2.75) is 0 Å². The van der Waals surface area contributed by atoms with E-state index < -0.39 is 0 Å². The molecular weight excluding hydrogens is 106 g/mol. The molecule has 0 saturated heterocycles. The first-order chi connectivity index (χ1) is 3.97. The molecule has 2 aromatic rings. The van der Waals surface area contributed by atoms with Crippen LogP contribution in [0, 0.1) is 0 Å². The van der Waals surface area contributed by atoms with E-state index in [1.807, 2.05) is 0 Å². The van der Waals surface area contributed by atoms with Crippen molar-refractivity contribution in [3.05, 3.63) is 12.5 Å². The Labute approximate surface area is 44.3 Å². The number of aromatic amines is 1. The van der Waals surface area contributed by atoms with Crippen molar-refractivity contribution in [2.24, 2.45) is 0 Å². The summed E-state index contributed by atoms with van der Waals surface area (Å²) in [4.78, 5) is 0. The minimum atomic E-state index is 0.810. The van der Waals surface area contributed by atoms with Gasteiger partial charge in [-0.25, -0.2) is 0 Å². The second kappa shape index (κ2) is 1.06. The highest BCUT2D eigenvalue weighted by Crippen LogP contribution is 1.87. The van der Waals surface area contributed by atoms with E-state index in [9.17, 15) is 0 Å². The first kappa shape index (κ1) is 3.59. The van der Waals surface area contributed by atoms with Crippen molar-refractivity contribution in [1.29, 1.82) is 0 Å². The number of nitrogens with one attached hydrogen (secondary N) is 1. The lowest BCUT2D eigenvalue weighted by Gasteiger charge is -1.66. The Kier molecular flexibility index (Phi) is 0.476. The predicted molar refractivity (Wildman–Crippen MR) is 25.1 cm³/mol. The first-order valence-corrected chi connectivity index (χ1v) is 2.16. The van der Waals surface area contributed by atoms with E-state index in [1.165, 1.54) is 0 Å². The third kappa shape index (κ3) is 0.281. The summed E-state index contributed by atoms with van der Waals surface area (Å²) in [7, 11) is 0. The van der Waals surface area contributed by atoms with Gasteiger partial charge in [-0.3, -0.25) is 5.10 Å². The monoisotopic (exact) mass is 109 g/mol. The fourth-order valence-corrected chi connectivity index (χ4v) is 0.559. The summed E-state index contributed by atoms with van der Waals surface area (Å²) in [5.41, 5.74) is 0.810. The van der Waals surface area contributed by atoms with Crippen molar-refractivity contribution in [3.8, 4) is 0 Å². The summed E-state index contributed by atoms with van der Waals surface area (Å²) >= 11 is 0. The molecule has 0 saturated carbocycles. The second-order valence-corrected chi connectivity index (χ2v) is 1.42. The van der Waals surface area contributed by atoms with E-state index in [-0.39, 0.29) is 0 Å². The van der Waals surface area contributed by atoms with E-state index in [1.54, 1.807) is 17.0 Å². The molecular formula is C3H3N5. The van der Waals surface area contributed by atoms with Gasteiger partial charge in [0.2, 0.25) is 0 Å². The van der Waals surface area contributed by atoms with Crippen LogP contribution in [0.3, 0.4) is 0 Å². The molecule has 0 aliphatic carbocycles. The Morgan fingerprint density at radius 2 is 2.62 bits per heavy atom. The van der Waals surface area contributed by atoms with Crippen molar-refractivity contribution in [1.82, 2.24) is 25.0 Å². The van der Waals surface area contributed by atoms with Crippen LogP contribution in [0.2, 0.25) is 0 Å². The van der Waals surface area contributed by atoms with Gasteiger partial charge in [-0.2, -0.15) is 9.61 Å². The van der Waals surface area contributed by atoms with E-state index >= 15 is 0 Å². The van der Waals surface area contributed by atoms with Crippen molar-refractivity contribution in [2.75, 3.05) is 0 Å². The molecule has 40 valence electrons. The molecule has 0 aliphatic rings. The minimum Gasteiger partial charge on any atom is -0.258 e. The lowest BCUT2D eigenvalue weighted by molar-refractivity contribution is 0.850. The van der Waals surface area contributed by atoms with Gasteiger partial charge in [0.05, 0.1) is 6.20 Å². The van der Waals surface area contributed by atoms with Gasteiger partial charge in [0.1, 0.15) is 6.33 Å². The predicted octanol–water partition coefficient (Wildman–Crippen LogP) is -0.548. The van der Waals surface area contributed by atoms with E-state index in [4.69, 9.17) is 0 Å². The summed E-state index contributed by atoms with van der Waals surface area (Å²) in [6.45, 7) is 0. The molecule has 5 nitrogen and oxygen atoms in total. The van der Waals surface area contributed by atoms with Gasteiger partial charge in [-0.05, 0) is 0 Å². The molecule has 1 N–H and O–H groups in total. The van der Waals surface area contributed by atoms with Crippen molar-refractivity contribution >= 4 is 5.65 Å². The number of aromatic nitrogens is 5. The van der Waals surface area contributed by atoms with Crippen molar-refractivity contribution in [3.63, 3.8) is 0 Å². The van der Waals surface area contributed by atoms with E-state index in [2.05, 4.69) is 20.5 Å². The third-order valence-electron chi connectivity index (χ3n) is 0.921. The van der Waals surface area contributed by atoms with Crippen LogP contribution in [0.5, 0.6) is 0 Å². The SMILES string of the molecule is c1nnn2cn[nH]c12. The molecule has 0 fully saturated rings. The van der Waals surface area contributed by atoms with Crippen LogP contribution in [0.15, 0.2) is 12.5 Å². The van der Waals surface area contributed by atoms with E-state index in [0.29, 0.717) is 0 Å². The quantitative estimate of drug-likeness (QED) is 0.494. The molecule has 2 heterocycles. The number of hydrogen-bond donors (Lipinski definition) is 1. The Morgan fingerprint density at radius 1 is 1.62 bits per heavy atom. The topological polar surface area (TPSA) is 58.9 Å². The van der Waals surface area contributed by atoms with Crippen LogP contribution in [0.1, 0.15) is 0 Å². The molecule has 8 heavy (non-hydrogen) atoms. The Bertz CT molecular complexity index is 229. The summed E-state index contributed by atoms with van der Waals surface area (Å²) < 4.78 is 1.56. The molecule has 0 atom stereocenters. The smallest absolute Gasteiger partial charge is 0.171 e. The molecule has 0 spiro atoms. The van der Waals surface area contributed by atoms with Crippen LogP contribution in [0.25, 0.3) is 5.65 Å². The molecule has 5 heteroatoms. The summed E-state index contributed by atoms with van der Waals surface area (Å²) in [6, 6.07) is 0. The van der Waals surface area contributed by atoms with Crippen molar-refractivity contribution < 1.29 is 0 Å². The van der Waals surface area contributed by atoms with Crippen LogP contribution >= 0.6 is 0 Å². The van der Waals surface area contributed by atoms with Crippen LogP contribution in [-0.4, -0.2) is 25.0 Å². The number of H-pyrrole nitrogens is 1. The third-order valence-corrected chi connectivity index (χ3v) is 0.921. The molecule has 0 amide bonds. The van der Waals surface area contributed by atoms with Crippen LogP contribution < -0.4 is 0 Å². The fraction of sp³-hybridized carbons (Fsp3) is 0. The fourth-order valence-electron chi connectivity index (χ4n) is 0.559. The number of fused-ring (bicyclic) bond motifs is 1. The zero-order valence-electron chi connectivity index (χ0n) is 3.94. The maximum absolute atomic E-state index is 3.70. The van der Waals surface area contributed by atoms with Gasteiger partial charge in [-0.15, -0.1) is 5.10 Å².